The van der Waals surface area contributed by atoms with Gasteiger partial charge in [-0.15, -0.1) is 11.6 Å². The lowest BCUT2D eigenvalue weighted by Gasteiger charge is -2.14. The van der Waals surface area contributed by atoms with Gasteiger partial charge >= 0.3 is 0 Å². The molecule has 1 saturated heterocycles. The largest absolute Gasteiger partial charge is 0.323 e. The highest BCUT2D eigenvalue weighted by molar-refractivity contribution is 7.91. The molecule has 1 aliphatic heterocycles. The molecule has 1 atom stereocenters. The summed E-state index contributed by atoms with van der Waals surface area (Å²) in [7, 11) is -2.94. The lowest BCUT2D eigenvalue weighted by Crippen LogP contribution is -2.13. The fourth-order valence-corrected chi connectivity index (χ4v) is 4.66. The summed E-state index contributed by atoms with van der Waals surface area (Å²) in [5.74, 6) is 1.33. The zero-order chi connectivity index (χ0) is 13.6. The number of hydrogen-bond acceptors (Lipinski definition) is 3. The predicted octanol–water partition coefficient (Wildman–Crippen LogP) is 2.79. The number of alkyl halides is 1. The number of sulfone groups is 1. The summed E-state index contributed by atoms with van der Waals surface area (Å²) in [5, 5.41) is 0.609. The van der Waals surface area contributed by atoms with Crippen molar-refractivity contribution in [1.82, 2.24) is 9.55 Å². The first kappa shape index (κ1) is 13.2. The molecule has 1 fully saturated rings. The second kappa shape index (κ2) is 4.65. The smallest absolute Gasteiger partial charge is 0.152 e. The first-order chi connectivity index (χ1) is 9.00. The minimum Gasteiger partial charge on any atom is -0.323 e. The van der Waals surface area contributed by atoms with Gasteiger partial charge in [-0.2, -0.15) is 0 Å². The van der Waals surface area contributed by atoms with Crippen molar-refractivity contribution in [2.24, 2.45) is 0 Å². The molecule has 1 aliphatic rings. The van der Waals surface area contributed by atoms with Gasteiger partial charge in [0.2, 0.25) is 0 Å². The molecule has 2 aromatic rings. The molecule has 0 saturated carbocycles. The van der Waals surface area contributed by atoms with E-state index in [0.29, 0.717) is 17.3 Å². The van der Waals surface area contributed by atoms with Gasteiger partial charge in [-0.3, -0.25) is 0 Å². The average molecular weight is 319 g/mol. The maximum absolute atomic E-state index is 11.6. The molecule has 1 aromatic heterocycles. The van der Waals surface area contributed by atoms with Crippen LogP contribution in [-0.2, 0) is 15.7 Å². The average Bonchev–Trinajstić information content (AvgIpc) is 2.88. The fraction of sp³-hybridized carbons (Fsp3) is 0.417. The van der Waals surface area contributed by atoms with E-state index in [0.717, 1.165) is 11.0 Å². The van der Waals surface area contributed by atoms with Crippen LogP contribution in [0.25, 0.3) is 11.0 Å². The van der Waals surface area contributed by atoms with E-state index in [4.69, 9.17) is 23.2 Å². The highest BCUT2D eigenvalue weighted by atomic mass is 35.5. The van der Waals surface area contributed by atoms with E-state index in [1.807, 2.05) is 10.6 Å². The molecule has 0 N–H and O–H groups in total. The van der Waals surface area contributed by atoms with E-state index in [2.05, 4.69) is 4.98 Å². The quantitative estimate of drug-likeness (QED) is 0.800. The Kier molecular flexibility index (Phi) is 3.23. The van der Waals surface area contributed by atoms with Crippen LogP contribution in [0.1, 0.15) is 18.3 Å². The number of nitrogens with zero attached hydrogens (tertiary/aromatic N) is 2. The van der Waals surface area contributed by atoms with Crippen molar-refractivity contribution in [2.45, 2.75) is 18.3 Å². The number of benzene rings is 1. The summed E-state index contributed by atoms with van der Waals surface area (Å²) in [5.41, 5.74) is 1.65. The molecule has 0 unspecified atom stereocenters. The van der Waals surface area contributed by atoms with Crippen molar-refractivity contribution in [1.29, 1.82) is 0 Å². The van der Waals surface area contributed by atoms with E-state index in [1.54, 1.807) is 12.1 Å². The Hall–Kier alpha value is -0.780. The molecule has 0 radical (unpaired) electrons. The summed E-state index contributed by atoms with van der Waals surface area (Å²) in [4.78, 5) is 4.44. The Morgan fingerprint density at radius 3 is 2.84 bits per heavy atom. The van der Waals surface area contributed by atoms with Gasteiger partial charge in [0.05, 0.1) is 34.5 Å². The fourth-order valence-electron chi connectivity index (χ4n) is 2.60. The van der Waals surface area contributed by atoms with Crippen molar-refractivity contribution in [3.63, 3.8) is 0 Å². The number of aromatic nitrogens is 2. The number of hydrogen-bond donors (Lipinski definition) is 0. The van der Waals surface area contributed by atoms with E-state index in [9.17, 15) is 8.42 Å². The van der Waals surface area contributed by atoms with Crippen LogP contribution >= 0.6 is 23.2 Å². The van der Waals surface area contributed by atoms with Crippen LogP contribution in [0.4, 0.5) is 0 Å². The van der Waals surface area contributed by atoms with E-state index < -0.39 is 9.84 Å². The van der Waals surface area contributed by atoms with Crippen LogP contribution < -0.4 is 0 Å². The highest BCUT2D eigenvalue weighted by Gasteiger charge is 2.31. The monoisotopic (exact) mass is 318 g/mol. The third-order valence-corrected chi connectivity index (χ3v) is 5.64. The predicted molar refractivity (Wildman–Crippen MR) is 76.6 cm³/mol. The second-order valence-corrected chi connectivity index (χ2v) is 7.65. The molecule has 0 amide bonds. The van der Waals surface area contributed by atoms with Gasteiger partial charge < -0.3 is 4.57 Å². The van der Waals surface area contributed by atoms with Crippen LogP contribution in [0.5, 0.6) is 0 Å². The summed E-state index contributed by atoms with van der Waals surface area (Å²) in [6.45, 7) is 0. The molecule has 1 aromatic carbocycles. The third kappa shape index (κ3) is 2.35. The SMILES string of the molecule is O=S1(=O)CC[C@H](n2c(CCl)nc3cc(Cl)ccc32)C1. The summed E-state index contributed by atoms with van der Waals surface area (Å²) in [6.07, 6.45) is 0.611. The normalized spacial score (nSPS) is 22.1. The van der Waals surface area contributed by atoms with Crippen molar-refractivity contribution in [2.75, 3.05) is 11.5 Å². The maximum Gasteiger partial charge on any atom is 0.152 e. The van der Waals surface area contributed by atoms with Crippen molar-refractivity contribution < 1.29 is 8.42 Å². The minimum atomic E-state index is -2.94. The van der Waals surface area contributed by atoms with Gasteiger partial charge in [0.1, 0.15) is 5.82 Å². The van der Waals surface area contributed by atoms with Crippen LogP contribution in [0.15, 0.2) is 18.2 Å². The molecule has 0 aliphatic carbocycles. The molecular weight excluding hydrogens is 307 g/mol. The van der Waals surface area contributed by atoms with Crippen LogP contribution in [-0.4, -0.2) is 29.5 Å². The summed E-state index contributed by atoms with van der Waals surface area (Å²) in [6, 6.07) is 5.34. The standard InChI is InChI=1S/C12H12Cl2N2O2S/c13-6-12-15-10-5-8(14)1-2-11(10)16(12)9-3-4-19(17,18)7-9/h1-2,5,9H,3-4,6-7H2/t9-/m0/s1. The summed E-state index contributed by atoms with van der Waals surface area (Å²) < 4.78 is 25.2. The highest BCUT2D eigenvalue weighted by Crippen LogP contribution is 2.31. The first-order valence-electron chi connectivity index (χ1n) is 5.93. The molecule has 4 nitrogen and oxygen atoms in total. The maximum atomic E-state index is 11.6. The second-order valence-electron chi connectivity index (χ2n) is 4.72. The molecular formula is C12H12Cl2N2O2S. The van der Waals surface area contributed by atoms with Gasteiger partial charge in [-0.05, 0) is 24.6 Å². The lowest BCUT2D eigenvalue weighted by atomic mass is 10.2. The van der Waals surface area contributed by atoms with Crippen molar-refractivity contribution in [3.05, 3.63) is 29.0 Å². The van der Waals surface area contributed by atoms with Gasteiger partial charge in [-0.1, -0.05) is 11.6 Å². The molecule has 3 rings (SSSR count). The topological polar surface area (TPSA) is 52.0 Å². The number of rotatable bonds is 2. The molecule has 7 heteroatoms. The molecule has 102 valence electrons. The Morgan fingerprint density at radius 1 is 1.42 bits per heavy atom. The van der Waals surface area contributed by atoms with E-state index in [1.165, 1.54) is 0 Å². The van der Waals surface area contributed by atoms with Crippen molar-refractivity contribution in [3.8, 4) is 0 Å². The van der Waals surface area contributed by atoms with Gasteiger partial charge in [0.15, 0.2) is 9.84 Å². The van der Waals surface area contributed by atoms with Crippen molar-refractivity contribution >= 4 is 44.1 Å². The van der Waals surface area contributed by atoms with Gasteiger partial charge in [0, 0.05) is 5.02 Å². The zero-order valence-corrected chi connectivity index (χ0v) is 12.3. The first-order valence-corrected chi connectivity index (χ1v) is 8.66. The Morgan fingerprint density at radius 2 is 2.21 bits per heavy atom. The van der Waals surface area contributed by atoms with Gasteiger partial charge in [0.25, 0.3) is 0 Å². The number of imidazole rings is 1. The van der Waals surface area contributed by atoms with Crippen LogP contribution in [0.3, 0.4) is 0 Å². The number of halogens is 2. The van der Waals surface area contributed by atoms with E-state index in [-0.39, 0.29) is 23.4 Å². The summed E-state index contributed by atoms with van der Waals surface area (Å²) >= 11 is 11.9. The van der Waals surface area contributed by atoms with Crippen LogP contribution in [0, 0.1) is 0 Å². The van der Waals surface area contributed by atoms with Gasteiger partial charge in [-0.25, -0.2) is 13.4 Å². The molecule has 2 heterocycles. The Bertz CT molecular complexity index is 740. The molecule has 0 bridgehead atoms. The van der Waals surface area contributed by atoms with Crippen LogP contribution in [0.2, 0.25) is 5.02 Å². The Balaban J connectivity index is 2.16. The minimum absolute atomic E-state index is 0.0788. The number of fused-ring (bicyclic) bond motifs is 1. The van der Waals surface area contributed by atoms with E-state index >= 15 is 0 Å². The lowest BCUT2D eigenvalue weighted by molar-refractivity contribution is 0.554. The molecule has 0 spiro atoms. The third-order valence-electron chi connectivity index (χ3n) is 3.42. The Labute approximate surface area is 121 Å². The molecule has 19 heavy (non-hydrogen) atoms. The zero-order valence-electron chi connectivity index (χ0n) is 10.0.